The van der Waals surface area contributed by atoms with Crippen molar-refractivity contribution in [2.45, 2.75) is 44.4 Å². The fourth-order valence-corrected chi connectivity index (χ4v) is 5.66. The highest BCUT2D eigenvalue weighted by Crippen LogP contribution is 2.67. The maximum Gasteiger partial charge on any atom is 0.248 e. The number of fused-ring (bicyclic) bond motifs is 5. The molecule has 1 fully saturated rings. The van der Waals surface area contributed by atoms with E-state index in [1.165, 1.54) is 25.3 Å². The Balaban J connectivity index is 1.77. The summed E-state index contributed by atoms with van der Waals surface area (Å²) in [5.41, 5.74) is 1.03. The van der Waals surface area contributed by atoms with Gasteiger partial charge >= 0.3 is 0 Å². The predicted molar refractivity (Wildman–Crippen MR) is 114 cm³/mol. The first-order chi connectivity index (χ1) is 15.3. The highest BCUT2D eigenvalue weighted by molar-refractivity contribution is 5.77. The van der Waals surface area contributed by atoms with E-state index in [2.05, 4.69) is 30.1 Å². The summed E-state index contributed by atoms with van der Waals surface area (Å²) >= 11 is 0. The molecule has 168 valence electrons. The number of hydrogen-bond donors (Lipinski definition) is 0. The van der Waals surface area contributed by atoms with Crippen LogP contribution in [-0.4, -0.2) is 47.8 Å². The normalized spacial score (nSPS) is 22.4. The van der Waals surface area contributed by atoms with Gasteiger partial charge in [0.2, 0.25) is 5.91 Å². The van der Waals surface area contributed by atoms with Gasteiger partial charge in [-0.25, -0.2) is 8.78 Å². The summed E-state index contributed by atoms with van der Waals surface area (Å²) in [5, 5.41) is 17.8. The first-order valence-corrected chi connectivity index (χ1v) is 10.7. The van der Waals surface area contributed by atoms with Crippen LogP contribution in [0.5, 0.6) is 0 Å². The average molecular weight is 440 g/mol. The molecule has 1 amide bonds. The Morgan fingerprint density at radius 3 is 2.69 bits per heavy atom. The summed E-state index contributed by atoms with van der Waals surface area (Å²) in [5.74, 6) is -1.40. The van der Waals surface area contributed by atoms with Crippen LogP contribution in [0.2, 0.25) is 0 Å². The second-order valence-electron chi connectivity index (χ2n) is 9.18. The minimum absolute atomic E-state index is 0.0601. The van der Waals surface area contributed by atoms with Crippen molar-refractivity contribution >= 4 is 5.91 Å². The number of hydrogen-bond acceptors (Lipinski definition) is 5. The molecule has 1 saturated carbocycles. The van der Waals surface area contributed by atoms with Gasteiger partial charge in [0.15, 0.2) is 0 Å². The third kappa shape index (κ3) is 3.27. The third-order valence-electron chi connectivity index (χ3n) is 7.41. The van der Waals surface area contributed by atoms with Crippen LogP contribution in [0.15, 0.2) is 24.3 Å². The summed E-state index contributed by atoms with van der Waals surface area (Å²) in [6, 6.07) is 7.60. The molecule has 6 nitrogen and oxygen atoms in total. The Hall–Kier alpha value is -2.92. The van der Waals surface area contributed by atoms with Crippen molar-refractivity contribution < 1.29 is 18.3 Å². The highest BCUT2D eigenvalue weighted by Gasteiger charge is 2.64. The van der Waals surface area contributed by atoms with Gasteiger partial charge in [-0.05, 0) is 47.9 Å². The zero-order chi connectivity index (χ0) is 23.1. The fraction of sp³-hybridized carbons (Fsp3) is 0.500. The summed E-state index contributed by atoms with van der Waals surface area (Å²) < 4.78 is 33.8. The lowest BCUT2D eigenvalue weighted by Gasteiger charge is -2.41. The van der Waals surface area contributed by atoms with Crippen molar-refractivity contribution in [3.8, 4) is 17.3 Å². The van der Waals surface area contributed by atoms with Gasteiger partial charge in [-0.1, -0.05) is 19.9 Å². The molecular formula is C24H26F2N4O2. The number of ether oxygens (including phenoxy) is 1. The molecule has 0 aliphatic heterocycles. The van der Waals surface area contributed by atoms with Gasteiger partial charge in [-0.3, -0.25) is 4.79 Å². The molecule has 0 unspecified atom stereocenters. The van der Waals surface area contributed by atoms with Gasteiger partial charge in [0.05, 0.1) is 29.4 Å². The Kier molecular flexibility index (Phi) is 5.72. The van der Waals surface area contributed by atoms with E-state index in [-0.39, 0.29) is 41.5 Å². The SMILES string of the molecule is COCC(=O)N(CCC#N)C[C@@]12CC[C@@H](c3cc(-c4c(F)cccc4F)nnc31)C2(C)C. The number of amides is 1. The summed E-state index contributed by atoms with van der Waals surface area (Å²) in [6.45, 7) is 4.95. The maximum atomic E-state index is 14.4. The van der Waals surface area contributed by atoms with Gasteiger partial charge in [0, 0.05) is 25.6 Å². The standard InChI is InChI=1S/C24H26F2N4O2/c1-23(2)16-8-9-24(23,14-30(11-5-10-27)20(31)13-32-3)22-15(16)12-19(28-29-22)21-17(25)6-4-7-18(21)26/h4,6-7,12,16H,5,8-9,11,13-14H2,1-3H3/t16-,24-/m0/s1. The van der Waals surface area contributed by atoms with Crippen LogP contribution in [0.4, 0.5) is 8.78 Å². The number of rotatable bonds is 7. The average Bonchev–Trinajstić information content (AvgIpc) is 3.11. The Morgan fingerprint density at radius 2 is 2.03 bits per heavy atom. The summed E-state index contributed by atoms with van der Waals surface area (Å²) in [4.78, 5) is 14.4. The first kappa shape index (κ1) is 22.3. The van der Waals surface area contributed by atoms with E-state index in [9.17, 15) is 13.6 Å². The minimum atomic E-state index is -0.677. The Labute approximate surface area is 186 Å². The van der Waals surface area contributed by atoms with Crippen molar-refractivity contribution in [1.82, 2.24) is 15.1 Å². The van der Waals surface area contributed by atoms with E-state index in [4.69, 9.17) is 10.00 Å². The van der Waals surface area contributed by atoms with E-state index >= 15 is 0 Å². The number of nitriles is 1. The lowest BCUT2D eigenvalue weighted by atomic mass is 9.68. The molecule has 32 heavy (non-hydrogen) atoms. The first-order valence-electron chi connectivity index (χ1n) is 10.7. The number of methoxy groups -OCH3 is 1. The molecule has 1 heterocycles. The Morgan fingerprint density at radius 1 is 1.31 bits per heavy atom. The second kappa shape index (κ2) is 8.21. The van der Waals surface area contributed by atoms with Crippen molar-refractivity contribution in [3.05, 3.63) is 47.2 Å². The molecule has 0 radical (unpaired) electrons. The monoisotopic (exact) mass is 440 g/mol. The van der Waals surface area contributed by atoms with Crippen LogP contribution in [-0.2, 0) is 14.9 Å². The highest BCUT2D eigenvalue weighted by atomic mass is 19.1. The number of halogens is 2. The van der Waals surface area contributed by atoms with Crippen LogP contribution in [0, 0.1) is 28.4 Å². The number of nitrogens with zero attached hydrogens (tertiary/aromatic N) is 4. The lowest BCUT2D eigenvalue weighted by molar-refractivity contribution is -0.136. The van der Waals surface area contributed by atoms with Crippen LogP contribution in [0.3, 0.4) is 0 Å². The fourth-order valence-electron chi connectivity index (χ4n) is 5.66. The van der Waals surface area contributed by atoms with E-state index in [0.29, 0.717) is 13.1 Å². The van der Waals surface area contributed by atoms with Crippen molar-refractivity contribution in [3.63, 3.8) is 0 Å². The van der Waals surface area contributed by atoms with Crippen LogP contribution < -0.4 is 0 Å². The molecule has 2 bridgehead atoms. The van der Waals surface area contributed by atoms with Gasteiger partial charge in [0.25, 0.3) is 0 Å². The molecule has 2 atom stereocenters. The number of carbonyl (C=O) groups is 1. The summed E-state index contributed by atoms with van der Waals surface area (Å²) in [6.07, 6.45) is 1.93. The molecule has 1 aromatic heterocycles. The predicted octanol–water partition coefficient (Wildman–Crippen LogP) is 3.97. The molecule has 4 rings (SSSR count). The van der Waals surface area contributed by atoms with Gasteiger partial charge < -0.3 is 9.64 Å². The topological polar surface area (TPSA) is 79.1 Å². The number of benzene rings is 1. The third-order valence-corrected chi connectivity index (χ3v) is 7.41. The molecule has 0 N–H and O–H groups in total. The molecule has 1 aromatic carbocycles. The molecule has 2 aliphatic carbocycles. The molecular weight excluding hydrogens is 414 g/mol. The molecule has 2 aliphatic rings. The van der Waals surface area contributed by atoms with Crippen LogP contribution in [0.1, 0.15) is 50.3 Å². The van der Waals surface area contributed by atoms with E-state index in [1.807, 2.05) is 0 Å². The van der Waals surface area contributed by atoms with E-state index in [1.54, 1.807) is 11.0 Å². The zero-order valence-electron chi connectivity index (χ0n) is 18.5. The van der Waals surface area contributed by atoms with Crippen molar-refractivity contribution in [2.24, 2.45) is 5.41 Å². The van der Waals surface area contributed by atoms with Crippen molar-refractivity contribution in [1.29, 1.82) is 5.26 Å². The number of aromatic nitrogens is 2. The number of carbonyl (C=O) groups excluding carboxylic acids is 1. The second-order valence-corrected chi connectivity index (χ2v) is 9.18. The molecule has 0 spiro atoms. The minimum Gasteiger partial charge on any atom is -0.375 e. The maximum absolute atomic E-state index is 14.4. The van der Waals surface area contributed by atoms with Crippen molar-refractivity contribution in [2.75, 3.05) is 26.8 Å². The quantitative estimate of drug-likeness (QED) is 0.651. The van der Waals surface area contributed by atoms with Crippen LogP contribution >= 0.6 is 0 Å². The summed E-state index contributed by atoms with van der Waals surface area (Å²) in [7, 11) is 1.47. The smallest absolute Gasteiger partial charge is 0.248 e. The molecule has 8 heteroatoms. The largest absolute Gasteiger partial charge is 0.375 e. The van der Waals surface area contributed by atoms with Gasteiger partial charge in [0.1, 0.15) is 18.2 Å². The zero-order valence-corrected chi connectivity index (χ0v) is 18.5. The van der Waals surface area contributed by atoms with Gasteiger partial charge in [-0.15, -0.1) is 0 Å². The molecule has 0 saturated heterocycles. The molecule has 2 aromatic rings. The Bertz CT molecular complexity index is 1080. The van der Waals surface area contributed by atoms with E-state index in [0.717, 1.165) is 24.1 Å². The van der Waals surface area contributed by atoms with E-state index < -0.39 is 17.0 Å². The lowest BCUT2D eigenvalue weighted by Crippen LogP contribution is -2.49. The van der Waals surface area contributed by atoms with Crippen LogP contribution in [0.25, 0.3) is 11.3 Å². The van der Waals surface area contributed by atoms with Gasteiger partial charge in [-0.2, -0.15) is 15.5 Å².